The Morgan fingerprint density at radius 3 is 2.75 bits per heavy atom. The summed E-state index contributed by atoms with van der Waals surface area (Å²) in [6, 6.07) is 6.05. The molecule has 5 heteroatoms. The summed E-state index contributed by atoms with van der Waals surface area (Å²) in [6.07, 6.45) is 2.21. The molecule has 110 valence electrons. The van der Waals surface area contributed by atoms with Gasteiger partial charge in [0.2, 0.25) is 5.91 Å². The lowest BCUT2D eigenvalue weighted by atomic mass is 9.97. The van der Waals surface area contributed by atoms with Gasteiger partial charge in [-0.25, -0.2) is 0 Å². The van der Waals surface area contributed by atoms with Crippen LogP contribution in [0.25, 0.3) is 0 Å². The Hall–Kier alpha value is -0.660. The van der Waals surface area contributed by atoms with E-state index in [-0.39, 0.29) is 5.91 Å². The predicted octanol–water partition coefficient (Wildman–Crippen LogP) is 2.21. The molecular formula is C15H22IN3O. The van der Waals surface area contributed by atoms with Crippen molar-refractivity contribution in [3.63, 3.8) is 0 Å². The van der Waals surface area contributed by atoms with Crippen molar-refractivity contribution < 1.29 is 4.79 Å². The molecule has 3 N–H and O–H groups in total. The summed E-state index contributed by atoms with van der Waals surface area (Å²) >= 11 is 2.27. The third-order valence-electron chi connectivity index (χ3n) is 3.87. The van der Waals surface area contributed by atoms with Gasteiger partial charge in [0.15, 0.2) is 0 Å². The SMILES string of the molecule is Cc1cc(I)ccc1NC(=O)CN1CCC(CN)CC1. The molecule has 0 aromatic heterocycles. The third-order valence-corrected chi connectivity index (χ3v) is 4.54. The average molecular weight is 387 g/mol. The number of hydrogen-bond donors (Lipinski definition) is 2. The van der Waals surface area contributed by atoms with Crippen molar-refractivity contribution in [2.24, 2.45) is 11.7 Å². The molecule has 1 heterocycles. The average Bonchev–Trinajstić information content (AvgIpc) is 2.43. The fraction of sp³-hybridized carbons (Fsp3) is 0.533. The van der Waals surface area contributed by atoms with Crippen LogP contribution in [0.1, 0.15) is 18.4 Å². The second-order valence-electron chi connectivity index (χ2n) is 5.46. The number of benzene rings is 1. The molecule has 0 spiro atoms. The second-order valence-corrected chi connectivity index (χ2v) is 6.71. The maximum absolute atomic E-state index is 12.1. The Labute approximate surface area is 134 Å². The smallest absolute Gasteiger partial charge is 0.238 e. The molecule has 1 saturated heterocycles. The quantitative estimate of drug-likeness (QED) is 0.779. The van der Waals surface area contributed by atoms with Crippen LogP contribution in [0.4, 0.5) is 5.69 Å². The standard InChI is InChI=1S/C15H22IN3O/c1-11-8-13(16)2-3-14(11)18-15(20)10-19-6-4-12(9-17)5-7-19/h2-3,8,12H,4-7,9-10,17H2,1H3,(H,18,20). The first kappa shape index (κ1) is 15.7. The van der Waals surface area contributed by atoms with E-state index in [1.54, 1.807) is 0 Å². The maximum Gasteiger partial charge on any atom is 0.238 e. The molecule has 0 saturated carbocycles. The van der Waals surface area contributed by atoms with Gasteiger partial charge < -0.3 is 11.1 Å². The van der Waals surface area contributed by atoms with Gasteiger partial charge in [-0.1, -0.05) is 0 Å². The fourth-order valence-electron chi connectivity index (χ4n) is 2.54. The number of likely N-dealkylation sites (tertiary alicyclic amines) is 1. The van der Waals surface area contributed by atoms with E-state index < -0.39 is 0 Å². The Balaban J connectivity index is 1.84. The number of piperidine rings is 1. The van der Waals surface area contributed by atoms with Crippen molar-refractivity contribution in [3.8, 4) is 0 Å². The zero-order valence-electron chi connectivity index (χ0n) is 11.9. The number of nitrogens with zero attached hydrogens (tertiary/aromatic N) is 1. The molecule has 20 heavy (non-hydrogen) atoms. The molecule has 4 nitrogen and oxygen atoms in total. The van der Waals surface area contributed by atoms with Crippen LogP contribution in [-0.2, 0) is 4.79 Å². The molecular weight excluding hydrogens is 365 g/mol. The van der Waals surface area contributed by atoms with Crippen molar-refractivity contribution in [2.45, 2.75) is 19.8 Å². The number of nitrogens with one attached hydrogen (secondary N) is 1. The lowest BCUT2D eigenvalue weighted by Crippen LogP contribution is -2.40. The topological polar surface area (TPSA) is 58.4 Å². The number of aryl methyl sites for hydroxylation is 1. The van der Waals surface area contributed by atoms with E-state index in [4.69, 9.17) is 5.73 Å². The highest BCUT2D eigenvalue weighted by Crippen LogP contribution is 2.18. The van der Waals surface area contributed by atoms with Gasteiger partial charge in [0.1, 0.15) is 0 Å². The van der Waals surface area contributed by atoms with E-state index in [1.165, 1.54) is 3.57 Å². The van der Waals surface area contributed by atoms with E-state index in [2.05, 4.69) is 38.9 Å². The summed E-state index contributed by atoms with van der Waals surface area (Å²) in [5.41, 5.74) is 7.70. The minimum Gasteiger partial charge on any atom is -0.330 e. The summed E-state index contributed by atoms with van der Waals surface area (Å²) in [6.45, 7) is 5.21. The molecule has 2 rings (SSSR count). The van der Waals surface area contributed by atoms with E-state index in [9.17, 15) is 4.79 Å². The van der Waals surface area contributed by atoms with Crippen LogP contribution in [0.3, 0.4) is 0 Å². The number of rotatable bonds is 4. The molecule has 1 aromatic carbocycles. The highest BCUT2D eigenvalue weighted by molar-refractivity contribution is 14.1. The van der Waals surface area contributed by atoms with Gasteiger partial charge in [0, 0.05) is 9.26 Å². The Morgan fingerprint density at radius 1 is 1.45 bits per heavy atom. The number of amides is 1. The van der Waals surface area contributed by atoms with Gasteiger partial charge in [-0.05, 0) is 91.7 Å². The Kier molecular flexibility index (Phi) is 5.80. The summed E-state index contributed by atoms with van der Waals surface area (Å²) in [5, 5.41) is 3.00. The van der Waals surface area contributed by atoms with Crippen LogP contribution in [0.15, 0.2) is 18.2 Å². The van der Waals surface area contributed by atoms with Gasteiger partial charge in [0.05, 0.1) is 6.54 Å². The first-order valence-corrected chi connectivity index (χ1v) is 8.15. The van der Waals surface area contributed by atoms with Crippen molar-refractivity contribution >= 4 is 34.2 Å². The van der Waals surface area contributed by atoms with Crippen molar-refractivity contribution in [1.82, 2.24) is 4.90 Å². The number of carbonyl (C=O) groups is 1. The normalized spacial score (nSPS) is 17.1. The molecule has 1 fully saturated rings. The molecule has 1 aliphatic heterocycles. The first-order chi connectivity index (χ1) is 9.58. The number of halogens is 1. The lowest BCUT2D eigenvalue weighted by molar-refractivity contribution is -0.117. The molecule has 1 aromatic rings. The van der Waals surface area contributed by atoms with Crippen LogP contribution in [0.2, 0.25) is 0 Å². The summed E-state index contributed by atoms with van der Waals surface area (Å²) in [7, 11) is 0. The summed E-state index contributed by atoms with van der Waals surface area (Å²) < 4.78 is 1.18. The lowest BCUT2D eigenvalue weighted by Gasteiger charge is -2.30. The molecule has 1 amide bonds. The van der Waals surface area contributed by atoms with Crippen LogP contribution >= 0.6 is 22.6 Å². The van der Waals surface area contributed by atoms with Gasteiger partial charge >= 0.3 is 0 Å². The van der Waals surface area contributed by atoms with Crippen LogP contribution < -0.4 is 11.1 Å². The zero-order chi connectivity index (χ0) is 14.5. The van der Waals surface area contributed by atoms with Gasteiger partial charge in [-0.3, -0.25) is 9.69 Å². The van der Waals surface area contributed by atoms with E-state index in [0.717, 1.165) is 43.7 Å². The van der Waals surface area contributed by atoms with E-state index >= 15 is 0 Å². The Bertz CT molecular complexity index is 470. The largest absolute Gasteiger partial charge is 0.330 e. The van der Waals surface area contributed by atoms with Crippen molar-refractivity contribution in [1.29, 1.82) is 0 Å². The molecule has 0 aliphatic carbocycles. The number of hydrogen-bond acceptors (Lipinski definition) is 3. The van der Waals surface area contributed by atoms with Gasteiger partial charge in [-0.2, -0.15) is 0 Å². The molecule has 1 aliphatic rings. The fourth-order valence-corrected chi connectivity index (χ4v) is 3.19. The van der Waals surface area contributed by atoms with Crippen LogP contribution in [-0.4, -0.2) is 37.0 Å². The van der Waals surface area contributed by atoms with Crippen LogP contribution in [0.5, 0.6) is 0 Å². The van der Waals surface area contributed by atoms with E-state index in [1.807, 2.05) is 19.1 Å². The van der Waals surface area contributed by atoms with Crippen LogP contribution in [0, 0.1) is 16.4 Å². The maximum atomic E-state index is 12.1. The number of nitrogens with two attached hydrogens (primary N) is 1. The number of carbonyl (C=O) groups excluding carboxylic acids is 1. The van der Waals surface area contributed by atoms with Crippen molar-refractivity contribution in [2.75, 3.05) is 31.5 Å². The predicted molar refractivity (Wildman–Crippen MR) is 90.7 cm³/mol. The summed E-state index contributed by atoms with van der Waals surface area (Å²) in [5.74, 6) is 0.702. The van der Waals surface area contributed by atoms with Crippen molar-refractivity contribution in [3.05, 3.63) is 27.3 Å². The second kappa shape index (κ2) is 7.38. The minimum absolute atomic E-state index is 0.0699. The Morgan fingerprint density at radius 2 is 2.15 bits per heavy atom. The third kappa shape index (κ3) is 4.43. The highest BCUT2D eigenvalue weighted by Gasteiger charge is 2.19. The molecule has 0 bridgehead atoms. The minimum atomic E-state index is 0.0699. The highest BCUT2D eigenvalue weighted by atomic mass is 127. The molecule has 0 radical (unpaired) electrons. The first-order valence-electron chi connectivity index (χ1n) is 7.07. The zero-order valence-corrected chi connectivity index (χ0v) is 14.0. The monoisotopic (exact) mass is 387 g/mol. The van der Waals surface area contributed by atoms with E-state index in [0.29, 0.717) is 12.5 Å². The van der Waals surface area contributed by atoms with Gasteiger partial charge in [0.25, 0.3) is 0 Å². The molecule has 0 atom stereocenters. The summed E-state index contributed by atoms with van der Waals surface area (Å²) in [4.78, 5) is 14.3. The number of anilines is 1. The van der Waals surface area contributed by atoms with Gasteiger partial charge in [-0.15, -0.1) is 0 Å². The molecule has 0 unspecified atom stereocenters.